The third-order valence-corrected chi connectivity index (χ3v) is 5.87. The van der Waals surface area contributed by atoms with Crippen molar-refractivity contribution in [1.82, 2.24) is 24.6 Å². The maximum Gasteiger partial charge on any atom is 0.119 e. The van der Waals surface area contributed by atoms with Gasteiger partial charge in [0.2, 0.25) is 0 Å². The third kappa shape index (κ3) is 4.28. The molecular weight excluding hydrogens is 310 g/mol. The highest BCUT2D eigenvalue weighted by atomic mass is 15.2. The van der Waals surface area contributed by atoms with Crippen molar-refractivity contribution >= 4 is 0 Å². The lowest BCUT2D eigenvalue weighted by Gasteiger charge is -2.48. The summed E-state index contributed by atoms with van der Waals surface area (Å²) < 4.78 is 2.09. The molecule has 5 nitrogen and oxygen atoms in total. The molecule has 0 radical (unpaired) electrons. The van der Waals surface area contributed by atoms with E-state index in [1.807, 2.05) is 12.7 Å². The van der Waals surface area contributed by atoms with E-state index in [1.165, 1.54) is 57.4 Å². The highest BCUT2D eigenvalue weighted by Gasteiger charge is 2.38. The molecule has 0 N–H and O–H groups in total. The Labute approximate surface area is 150 Å². The van der Waals surface area contributed by atoms with Gasteiger partial charge in [0.25, 0.3) is 0 Å². The number of piperidine rings is 2. The maximum atomic E-state index is 3.91. The van der Waals surface area contributed by atoms with E-state index in [9.17, 15) is 0 Å². The average molecular weight is 339 g/mol. The molecule has 5 heteroatoms. The second-order valence-electron chi connectivity index (χ2n) is 7.88. The van der Waals surface area contributed by atoms with Crippen LogP contribution in [0.15, 0.2) is 43.0 Å². The summed E-state index contributed by atoms with van der Waals surface area (Å²) >= 11 is 0. The SMILES string of the molecule is c1ccc(CN2CCCC3(CCCN(CCn4cnnc4)C3)C2)cc1. The van der Waals surface area contributed by atoms with Gasteiger partial charge in [-0.2, -0.15) is 0 Å². The first-order valence-corrected chi connectivity index (χ1v) is 9.62. The highest BCUT2D eigenvalue weighted by Crippen LogP contribution is 2.38. The summed E-state index contributed by atoms with van der Waals surface area (Å²) in [5.41, 5.74) is 1.94. The molecule has 2 saturated heterocycles. The van der Waals surface area contributed by atoms with Crippen molar-refractivity contribution in [3.8, 4) is 0 Å². The summed E-state index contributed by atoms with van der Waals surface area (Å²) in [6.45, 7) is 8.20. The topological polar surface area (TPSA) is 37.2 Å². The third-order valence-electron chi connectivity index (χ3n) is 5.87. The molecular formula is C20H29N5. The number of likely N-dealkylation sites (tertiary alicyclic amines) is 2. The fourth-order valence-corrected chi connectivity index (χ4v) is 4.72. The lowest BCUT2D eigenvalue weighted by Crippen LogP contribution is -2.52. The number of rotatable bonds is 5. The normalized spacial score (nSPS) is 25.4. The van der Waals surface area contributed by atoms with Crippen LogP contribution in [-0.2, 0) is 13.1 Å². The molecule has 1 spiro atoms. The molecule has 2 aromatic rings. The van der Waals surface area contributed by atoms with Gasteiger partial charge in [-0.3, -0.25) is 4.90 Å². The monoisotopic (exact) mass is 339 g/mol. The summed E-state index contributed by atoms with van der Waals surface area (Å²) in [5.74, 6) is 0. The van der Waals surface area contributed by atoms with Gasteiger partial charge in [0, 0.05) is 32.7 Å². The van der Waals surface area contributed by atoms with Crippen LogP contribution >= 0.6 is 0 Å². The van der Waals surface area contributed by atoms with Gasteiger partial charge in [0.05, 0.1) is 0 Å². The van der Waals surface area contributed by atoms with Gasteiger partial charge >= 0.3 is 0 Å². The first-order chi connectivity index (χ1) is 12.3. The second-order valence-corrected chi connectivity index (χ2v) is 7.88. The fourth-order valence-electron chi connectivity index (χ4n) is 4.72. The summed E-state index contributed by atoms with van der Waals surface area (Å²) in [6.07, 6.45) is 9.10. The Bertz CT molecular complexity index is 637. The smallest absolute Gasteiger partial charge is 0.119 e. The quantitative estimate of drug-likeness (QED) is 0.839. The van der Waals surface area contributed by atoms with E-state index in [0.717, 1.165) is 19.6 Å². The molecule has 1 aromatic carbocycles. The van der Waals surface area contributed by atoms with Crippen molar-refractivity contribution in [2.45, 2.75) is 38.8 Å². The molecule has 134 valence electrons. The molecule has 0 amide bonds. The predicted molar refractivity (Wildman–Crippen MR) is 99.1 cm³/mol. The Morgan fingerprint density at radius 3 is 2.28 bits per heavy atom. The van der Waals surface area contributed by atoms with Crippen LogP contribution < -0.4 is 0 Å². The van der Waals surface area contributed by atoms with E-state index in [0.29, 0.717) is 5.41 Å². The van der Waals surface area contributed by atoms with Gasteiger partial charge < -0.3 is 9.47 Å². The molecule has 0 aliphatic carbocycles. The van der Waals surface area contributed by atoms with Crippen molar-refractivity contribution in [2.75, 3.05) is 32.7 Å². The Kier molecular flexibility index (Phi) is 5.13. The largest absolute Gasteiger partial charge is 0.319 e. The van der Waals surface area contributed by atoms with Gasteiger partial charge in [0.1, 0.15) is 12.7 Å². The number of aromatic nitrogens is 3. The van der Waals surface area contributed by atoms with Crippen molar-refractivity contribution in [3.05, 3.63) is 48.5 Å². The minimum Gasteiger partial charge on any atom is -0.319 e. The Balaban J connectivity index is 1.35. The number of hydrogen-bond acceptors (Lipinski definition) is 4. The molecule has 1 aromatic heterocycles. The van der Waals surface area contributed by atoms with Crippen LogP contribution in [0.2, 0.25) is 0 Å². The molecule has 0 saturated carbocycles. The number of nitrogens with zero attached hydrogens (tertiary/aromatic N) is 5. The molecule has 2 aliphatic rings. The van der Waals surface area contributed by atoms with E-state index < -0.39 is 0 Å². The molecule has 0 bridgehead atoms. The lowest BCUT2D eigenvalue weighted by atomic mass is 9.73. The van der Waals surface area contributed by atoms with Crippen LogP contribution in [0.1, 0.15) is 31.2 Å². The van der Waals surface area contributed by atoms with E-state index in [1.54, 1.807) is 0 Å². The number of benzene rings is 1. The molecule has 3 heterocycles. The van der Waals surface area contributed by atoms with Gasteiger partial charge in [-0.25, -0.2) is 0 Å². The lowest BCUT2D eigenvalue weighted by molar-refractivity contribution is 0.00960. The molecule has 2 fully saturated rings. The van der Waals surface area contributed by atoms with Crippen LogP contribution in [0.4, 0.5) is 0 Å². The van der Waals surface area contributed by atoms with Crippen molar-refractivity contribution in [3.63, 3.8) is 0 Å². The zero-order valence-corrected chi connectivity index (χ0v) is 15.1. The van der Waals surface area contributed by atoms with Gasteiger partial charge in [0.15, 0.2) is 0 Å². The van der Waals surface area contributed by atoms with Gasteiger partial charge in [-0.15, -0.1) is 10.2 Å². The van der Waals surface area contributed by atoms with Crippen molar-refractivity contribution in [1.29, 1.82) is 0 Å². The van der Waals surface area contributed by atoms with Crippen LogP contribution in [0.3, 0.4) is 0 Å². The van der Waals surface area contributed by atoms with Gasteiger partial charge in [-0.05, 0) is 49.8 Å². The first kappa shape index (κ1) is 16.7. The summed E-state index contributed by atoms with van der Waals surface area (Å²) in [7, 11) is 0. The van der Waals surface area contributed by atoms with Crippen molar-refractivity contribution < 1.29 is 0 Å². The minimum atomic E-state index is 0.498. The zero-order valence-electron chi connectivity index (χ0n) is 15.1. The molecule has 1 unspecified atom stereocenters. The molecule has 1 atom stereocenters. The summed E-state index contributed by atoms with van der Waals surface area (Å²) in [6, 6.07) is 10.9. The molecule has 25 heavy (non-hydrogen) atoms. The van der Waals surface area contributed by atoms with Crippen LogP contribution in [0, 0.1) is 5.41 Å². The standard InChI is InChI=1S/C20H29N5/c1-2-6-19(7-3-1)14-24-11-5-9-20(16-24)8-4-10-23(15-20)12-13-25-17-21-22-18-25/h1-3,6-7,17-18H,4-5,8-16H2. The Hall–Kier alpha value is -1.72. The van der Waals surface area contributed by atoms with E-state index >= 15 is 0 Å². The van der Waals surface area contributed by atoms with E-state index in [-0.39, 0.29) is 0 Å². The second kappa shape index (κ2) is 7.67. The maximum absolute atomic E-state index is 3.91. The van der Waals surface area contributed by atoms with Gasteiger partial charge in [-0.1, -0.05) is 30.3 Å². The fraction of sp³-hybridized carbons (Fsp3) is 0.600. The highest BCUT2D eigenvalue weighted by molar-refractivity contribution is 5.14. The number of hydrogen-bond donors (Lipinski definition) is 0. The molecule has 4 rings (SSSR count). The van der Waals surface area contributed by atoms with E-state index in [2.05, 4.69) is 54.9 Å². The van der Waals surface area contributed by atoms with E-state index in [4.69, 9.17) is 0 Å². The average Bonchev–Trinajstić information content (AvgIpc) is 3.15. The van der Waals surface area contributed by atoms with Crippen LogP contribution in [-0.4, -0.2) is 57.3 Å². The van der Waals surface area contributed by atoms with Crippen molar-refractivity contribution in [2.24, 2.45) is 5.41 Å². The Morgan fingerprint density at radius 2 is 1.52 bits per heavy atom. The molecule has 2 aliphatic heterocycles. The Morgan fingerprint density at radius 1 is 0.840 bits per heavy atom. The minimum absolute atomic E-state index is 0.498. The zero-order chi connectivity index (χ0) is 17.0. The first-order valence-electron chi connectivity index (χ1n) is 9.62. The van der Waals surface area contributed by atoms with Crippen LogP contribution in [0.25, 0.3) is 0 Å². The summed E-state index contributed by atoms with van der Waals surface area (Å²) in [5, 5.41) is 7.81. The summed E-state index contributed by atoms with van der Waals surface area (Å²) in [4.78, 5) is 5.34. The predicted octanol–water partition coefficient (Wildman–Crippen LogP) is 2.66. The van der Waals surface area contributed by atoms with Crippen LogP contribution in [0.5, 0.6) is 0 Å².